The second-order valence-electron chi connectivity index (χ2n) is 4.88. The molecule has 0 aromatic heterocycles. The summed E-state index contributed by atoms with van der Waals surface area (Å²) in [5.74, 6) is 0.459. The Balaban J connectivity index is 1.98. The van der Waals surface area contributed by atoms with Crippen molar-refractivity contribution in [3.8, 4) is 6.07 Å². The van der Waals surface area contributed by atoms with Gasteiger partial charge in [0, 0.05) is 18.1 Å². The highest BCUT2D eigenvalue weighted by molar-refractivity contribution is 6.30. The van der Waals surface area contributed by atoms with Gasteiger partial charge in [-0.15, -0.1) is 0 Å². The summed E-state index contributed by atoms with van der Waals surface area (Å²) >= 11 is 5.97. The molecule has 1 aromatic carbocycles. The van der Waals surface area contributed by atoms with Crippen LogP contribution in [0, 0.1) is 17.2 Å². The van der Waals surface area contributed by atoms with Gasteiger partial charge in [-0.1, -0.05) is 11.6 Å². The molecule has 0 saturated carbocycles. The molecule has 1 aliphatic heterocycles. The van der Waals surface area contributed by atoms with Crippen molar-refractivity contribution in [1.29, 1.82) is 5.26 Å². The minimum atomic E-state index is -0.840. The van der Waals surface area contributed by atoms with Gasteiger partial charge in [-0.05, 0) is 48.9 Å². The van der Waals surface area contributed by atoms with Crippen LogP contribution in [0.15, 0.2) is 18.2 Å². The number of nitriles is 1. The lowest BCUT2D eigenvalue weighted by Gasteiger charge is -2.30. The van der Waals surface area contributed by atoms with Crippen molar-refractivity contribution in [1.82, 2.24) is 4.90 Å². The van der Waals surface area contributed by atoms with Crippen molar-refractivity contribution in [2.45, 2.75) is 19.3 Å². The zero-order chi connectivity index (χ0) is 13.8. The van der Waals surface area contributed by atoms with Crippen molar-refractivity contribution < 1.29 is 9.90 Å². The van der Waals surface area contributed by atoms with E-state index in [1.165, 1.54) is 4.90 Å². The first-order valence-corrected chi connectivity index (χ1v) is 6.63. The maximum atomic E-state index is 10.8. The second kappa shape index (κ2) is 5.94. The Kier molecular flexibility index (Phi) is 4.28. The fraction of sp³-hybridized carbons (Fsp3) is 0.429. The Morgan fingerprint density at radius 2 is 2.11 bits per heavy atom. The molecule has 4 nitrogen and oxygen atoms in total. The van der Waals surface area contributed by atoms with Gasteiger partial charge in [-0.3, -0.25) is 0 Å². The van der Waals surface area contributed by atoms with Crippen LogP contribution in [-0.2, 0) is 6.42 Å². The van der Waals surface area contributed by atoms with Crippen LogP contribution >= 0.6 is 11.6 Å². The molecule has 100 valence electrons. The number of hydrogen-bond donors (Lipinski definition) is 1. The van der Waals surface area contributed by atoms with Crippen LogP contribution in [-0.4, -0.2) is 29.2 Å². The molecule has 1 aliphatic rings. The van der Waals surface area contributed by atoms with Crippen LogP contribution in [0.3, 0.4) is 0 Å². The van der Waals surface area contributed by atoms with Crippen molar-refractivity contribution in [2.75, 3.05) is 13.1 Å². The molecule has 1 saturated heterocycles. The molecule has 1 amide bonds. The van der Waals surface area contributed by atoms with Gasteiger partial charge in [0.2, 0.25) is 0 Å². The largest absolute Gasteiger partial charge is 0.465 e. The smallest absolute Gasteiger partial charge is 0.407 e. The van der Waals surface area contributed by atoms with Crippen LogP contribution in [0.2, 0.25) is 5.02 Å². The summed E-state index contributed by atoms with van der Waals surface area (Å²) in [6.07, 6.45) is 1.73. The van der Waals surface area contributed by atoms with Gasteiger partial charge in [-0.2, -0.15) is 5.26 Å². The Labute approximate surface area is 117 Å². The fourth-order valence-corrected chi connectivity index (χ4v) is 2.75. The lowest BCUT2D eigenvalue weighted by molar-refractivity contribution is 0.124. The monoisotopic (exact) mass is 278 g/mol. The number of benzene rings is 1. The van der Waals surface area contributed by atoms with E-state index in [4.69, 9.17) is 22.0 Å². The summed E-state index contributed by atoms with van der Waals surface area (Å²) < 4.78 is 0. The summed E-state index contributed by atoms with van der Waals surface area (Å²) in [6, 6.07) is 7.49. The lowest BCUT2D eigenvalue weighted by Crippen LogP contribution is -2.37. The average Bonchev–Trinajstić information content (AvgIpc) is 2.38. The van der Waals surface area contributed by atoms with Crippen LogP contribution in [0.5, 0.6) is 0 Å². The topological polar surface area (TPSA) is 64.3 Å². The number of nitrogens with zero attached hydrogens (tertiary/aromatic N) is 2. The molecule has 1 N–H and O–H groups in total. The summed E-state index contributed by atoms with van der Waals surface area (Å²) in [5.41, 5.74) is 1.63. The van der Waals surface area contributed by atoms with Crippen molar-refractivity contribution >= 4 is 17.7 Å². The van der Waals surface area contributed by atoms with Crippen molar-refractivity contribution in [2.24, 2.45) is 5.92 Å². The third-order valence-electron chi connectivity index (χ3n) is 3.50. The van der Waals surface area contributed by atoms with Crippen LogP contribution < -0.4 is 0 Å². The van der Waals surface area contributed by atoms with Crippen molar-refractivity contribution in [3.63, 3.8) is 0 Å². The molecule has 1 aromatic rings. The third kappa shape index (κ3) is 3.62. The van der Waals surface area contributed by atoms with Crippen LogP contribution in [0.4, 0.5) is 4.79 Å². The Bertz CT molecular complexity index is 517. The lowest BCUT2D eigenvalue weighted by atomic mass is 9.90. The van der Waals surface area contributed by atoms with Crippen molar-refractivity contribution in [3.05, 3.63) is 34.3 Å². The average molecular weight is 279 g/mol. The highest BCUT2D eigenvalue weighted by Gasteiger charge is 2.22. The van der Waals surface area contributed by atoms with E-state index in [9.17, 15) is 4.79 Å². The Hall–Kier alpha value is -1.73. The van der Waals surface area contributed by atoms with Gasteiger partial charge in [0.15, 0.2) is 0 Å². The maximum Gasteiger partial charge on any atom is 0.407 e. The predicted octanol–water partition coefficient (Wildman–Crippen LogP) is 3.14. The number of piperidine rings is 1. The molecule has 0 aliphatic carbocycles. The summed E-state index contributed by atoms with van der Waals surface area (Å²) in [4.78, 5) is 12.3. The molecule has 0 bridgehead atoms. The Morgan fingerprint density at radius 3 is 2.68 bits per heavy atom. The molecule has 5 heteroatoms. The molecule has 2 rings (SSSR count). The van der Waals surface area contributed by atoms with E-state index in [0.29, 0.717) is 29.6 Å². The number of hydrogen-bond acceptors (Lipinski definition) is 2. The maximum absolute atomic E-state index is 10.8. The van der Waals surface area contributed by atoms with E-state index in [1.807, 2.05) is 12.1 Å². The van der Waals surface area contributed by atoms with Crippen LogP contribution in [0.25, 0.3) is 0 Å². The zero-order valence-electron chi connectivity index (χ0n) is 10.5. The molecular weight excluding hydrogens is 264 g/mol. The SMILES string of the molecule is N#Cc1cc(Cl)cc(CC2CCN(C(=O)O)CC2)c1. The first kappa shape index (κ1) is 13.7. The molecule has 19 heavy (non-hydrogen) atoms. The van der Waals surface area contributed by atoms with E-state index in [-0.39, 0.29) is 0 Å². The number of amides is 1. The van der Waals surface area contributed by atoms with E-state index in [0.717, 1.165) is 24.8 Å². The third-order valence-corrected chi connectivity index (χ3v) is 3.71. The molecular formula is C14H15ClN2O2. The van der Waals surface area contributed by atoms with Gasteiger partial charge >= 0.3 is 6.09 Å². The number of carboxylic acid groups (broad SMARTS) is 1. The fourth-order valence-electron chi connectivity index (χ4n) is 2.49. The molecule has 1 heterocycles. The van der Waals surface area contributed by atoms with Gasteiger partial charge in [0.1, 0.15) is 0 Å². The standard InChI is InChI=1S/C14H15ClN2O2/c15-13-7-11(6-12(8-13)9-16)5-10-1-3-17(4-2-10)14(18)19/h6-8,10H,1-5H2,(H,18,19). The Morgan fingerprint density at radius 1 is 1.42 bits per heavy atom. The molecule has 0 radical (unpaired) electrons. The first-order chi connectivity index (χ1) is 9.08. The van der Waals surface area contributed by atoms with Gasteiger partial charge in [-0.25, -0.2) is 4.79 Å². The minimum Gasteiger partial charge on any atom is -0.465 e. The zero-order valence-corrected chi connectivity index (χ0v) is 11.2. The van der Waals surface area contributed by atoms with E-state index in [2.05, 4.69) is 6.07 Å². The van der Waals surface area contributed by atoms with Gasteiger partial charge < -0.3 is 10.0 Å². The predicted molar refractivity (Wildman–Crippen MR) is 72.2 cm³/mol. The number of likely N-dealkylation sites (tertiary alicyclic amines) is 1. The molecule has 1 fully saturated rings. The summed E-state index contributed by atoms with van der Waals surface area (Å²) in [6.45, 7) is 1.18. The second-order valence-corrected chi connectivity index (χ2v) is 5.31. The van der Waals surface area contributed by atoms with E-state index in [1.54, 1.807) is 6.07 Å². The summed E-state index contributed by atoms with van der Waals surface area (Å²) in [7, 11) is 0. The van der Waals surface area contributed by atoms with E-state index >= 15 is 0 Å². The number of rotatable bonds is 2. The highest BCUT2D eigenvalue weighted by Crippen LogP contribution is 2.24. The molecule has 0 atom stereocenters. The normalized spacial score (nSPS) is 16.1. The summed E-state index contributed by atoms with van der Waals surface area (Å²) in [5, 5.41) is 18.4. The van der Waals surface area contributed by atoms with Gasteiger partial charge in [0.25, 0.3) is 0 Å². The first-order valence-electron chi connectivity index (χ1n) is 6.26. The van der Waals surface area contributed by atoms with Crippen LogP contribution in [0.1, 0.15) is 24.0 Å². The minimum absolute atomic E-state index is 0.459. The van der Waals surface area contributed by atoms with E-state index < -0.39 is 6.09 Å². The quantitative estimate of drug-likeness (QED) is 0.904. The molecule has 0 unspecified atom stereocenters. The highest BCUT2D eigenvalue weighted by atomic mass is 35.5. The number of carbonyl (C=O) groups is 1. The van der Waals surface area contributed by atoms with Gasteiger partial charge in [0.05, 0.1) is 11.6 Å². The molecule has 0 spiro atoms. The number of halogens is 1.